The average molecular weight is 291 g/mol. The molecule has 2 rings (SSSR count). The van der Waals surface area contributed by atoms with Gasteiger partial charge in [-0.05, 0) is 36.8 Å². The highest BCUT2D eigenvalue weighted by Crippen LogP contribution is 2.32. The molecule has 0 amide bonds. The molecule has 104 valence electrons. The van der Waals surface area contributed by atoms with Crippen molar-refractivity contribution in [1.29, 1.82) is 0 Å². The minimum absolute atomic E-state index is 0.305. The Bertz CT molecular complexity index is 656. The predicted octanol–water partition coefficient (Wildman–Crippen LogP) is 3.76. The van der Waals surface area contributed by atoms with Gasteiger partial charge in [0.1, 0.15) is 0 Å². The second kappa shape index (κ2) is 5.84. The van der Waals surface area contributed by atoms with Gasteiger partial charge in [0, 0.05) is 11.4 Å². The Morgan fingerprint density at radius 2 is 2.05 bits per heavy atom. The first-order chi connectivity index (χ1) is 9.51. The SMILES string of the molecule is COC(=O)c1cc(N)cc(Cl)c1Nc1cccc(C)c1. The van der Waals surface area contributed by atoms with E-state index in [1.165, 1.54) is 13.2 Å². The maximum Gasteiger partial charge on any atom is 0.340 e. The van der Waals surface area contributed by atoms with Crippen LogP contribution in [0.3, 0.4) is 0 Å². The summed E-state index contributed by atoms with van der Waals surface area (Å²) >= 11 is 6.18. The van der Waals surface area contributed by atoms with Crippen LogP contribution in [0, 0.1) is 6.92 Å². The minimum atomic E-state index is -0.491. The van der Waals surface area contributed by atoms with Gasteiger partial charge >= 0.3 is 5.97 Å². The van der Waals surface area contributed by atoms with E-state index in [4.69, 9.17) is 22.1 Å². The summed E-state index contributed by atoms with van der Waals surface area (Å²) in [5, 5.41) is 3.50. The minimum Gasteiger partial charge on any atom is -0.465 e. The molecule has 0 fully saturated rings. The Morgan fingerprint density at radius 3 is 2.70 bits per heavy atom. The van der Waals surface area contributed by atoms with E-state index >= 15 is 0 Å². The molecular weight excluding hydrogens is 276 g/mol. The standard InChI is InChI=1S/C15H15ClN2O2/c1-9-4-3-5-11(6-9)18-14-12(15(19)20-2)7-10(17)8-13(14)16/h3-8,18H,17H2,1-2H3. The van der Waals surface area contributed by atoms with Crippen LogP contribution in [0.2, 0.25) is 5.02 Å². The van der Waals surface area contributed by atoms with Gasteiger partial charge < -0.3 is 15.8 Å². The quantitative estimate of drug-likeness (QED) is 0.667. The number of hydrogen-bond donors (Lipinski definition) is 2. The summed E-state index contributed by atoms with van der Waals surface area (Å²) < 4.78 is 4.76. The number of carbonyl (C=O) groups is 1. The first-order valence-electron chi connectivity index (χ1n) is 6.02. The highest BCUT2D eigenvalue weighted by atomic mass is 35.5. The number of nitrogen functional groups attached to an aromatic ring is 1. The topological polar surface area (TPSA) is 64.3 Å². The summed E-state index contributed by atoms with van der Waals surface area (Å²) in [5.41, 5.74) is 8.85. The van der Waals surface area contributed by atoms with E-state index in [-0.39, 0.29) is 0 Å². The number of rotatable bonds is 3. The molecule has 0 atom stereocenters. The van der Waals surface area contributed by atoms with Crippen LogP contribution in [-0.4, -0.2) is 13.1 Å². The zero-order valence-electron chi connectivity index (χ0n) is 11.2. The number of benzene rings is 2. The van der Waals surface area contributed by atoms with Gasteiger partial charge in [-0.3, -0.25) is 0 Å². The van der Waals surface area contributed by atoms with E-state index < -0.39 is 5.97 Å². The Labute approximate surface area is 122 Å². The number of carbonyl (C=O) groups excluding carboxylic acids is 1. The van der Waals surface area contributed by atoms with Crippen LogP contribution in [0.15, 0.2) is 36.4 Å². The fraction of sp³-hybridized carbons (Fsp3) is 0.133. The van der Waals surface area contributed by atoms with Gasteiger partial charge in [0.05, 0.1) is 23.4 Å². The molecule has 0 aliphatic heterocycles. The third kappa shape index (κ3) is 3.03. The van der Waals surface area contributed by atoms with Gasteiger partial charge in [-0.15, -0.1) is 0 Å². The molecule has 0 bridgehead atoms. The normalized spacial score (nSPS) is 10.2. The van der Waals surface area contributed by atoms with Crippen molar-refractivity contribution >= 4 is 34.6 Å². The van der Waals surface area contributed by atoms with Crippen molar-refractivity contribution < 1.29 is 9.53 Å². The van der Waals surface area contributed by atoms with E-state index in [1.807, 2.05) is 31.2 Å². The number of halogens is 1. The molecule has 4 nitrogen and oxygen atoms in total. The number of nitrogens with two attached hydrogens (primary N) is 1. The van der Waals surface area contributed by atoms with Crippen LogP contribution in [0.5, 0.6) is 0 Å². The molecule has 0 spiro atoms. The third-order valence-corrected chi connectivity index (χ3v) is 3.10. The number of hydrogen-bond acceptors (Lipinski definition) is 4. The van der Waals surface area contributed by atoms with Gasteiger partial charge in [0.2, 0.25) is 0 Å². The zero-order chi connectivity index (χ0) is 14.7. The Balaban J connectivity index is 2.47. The van der Waals surface area contributed by atoms with Crippen LogP contribution < -0.4 is 11.1 Å². The third-order valence-electron chi connectivity index (χ3n) is 2.81. The second-order valence-corrected chi connectivity index (χ2v) is 4.82. The number of esters is 1. The lowest BCUT2D eigenvalue weighted by molar-refractivity contribution is 0.0602. The number of methoxy groups -OCH3 is 1. The van der Waals surface area contributed by atoms with Gasteiger partial charge in [0.15, 0.2) is 0 Å². The van der Waals surface area contributed by atoms with Crippen LogP contribution >= 0.6 is 11.6 Å². The molecule has 20 heavy (non-hydrogen) atoms. The van der Waals surface area contributed by atoms with Crippen molar-refractivity contribution in [2.75, 3.05) is 18.2 Å². The van der Waals surface area contributed by atoms with Gasteiger partial charge in [0.25, 0.3) is 0 Å². The first-order valence-corrected chi connectivity index (χ1v) is 6.40. The number of ether oxygens (including phenoxy) is 1. The maximum absolute atomic E-state index is 11.8. The highest BCUT2D eigenvalue weighted by molar-refractivity contribution is 6.34. The summed E-state index contributed by atoms with van der Waals surface area (Å²) in [6.07, 6.45) is 0. The molecule has 0 aliphatic rings. The van der Waals surface area contributed by atoms with Crippen LogP contribution in [0.25, 0.3) is 0 Å². The molecule has 0 aromatic heterocycles. The molecular formula is C15H15ClN2O2. The van der Waals surface area contributed by atoms with E-state index in [0.717, 1.165) is 11.3 Å². The maximum atomic E-state index is 11.8. The molecule has 2 aromatic rings. The van der Waals surface area contributed by atoms with Crippen molar-refractivity contribution in [2.24, 2.45) is 0 Å². The first kappa shape index (κ1) is 14.2. The van der Waals surface area contributed by atoms with Crippen LogP contribution in [0.1, 0.15) is 15.9 Å². The lowest BCUT2D eigenvalue weighted by Gasteiger charge is -2.14. The number of anilines is 3. The highest BCUT2D eigenvalue weighted by Gasteiger charge is 2.16. The molecule has 2 aromatic carbocycles. The Kier molecular flexibility index (Phi) is 4.15. The summed E-state index contributed by atoms with van der Waals surface area (Å²) in [6.45, 7) is 1.98. The lowest BCUT2D eigenvalue weighted by Crippen LogP contribution is -2.07. The largest absolute Gasteiger partial charge is 0.465 e. The summed E-state index contributed by atoms with van der Waals surface area (Å²) in [6, 6.07) is 10.9. The van der Waals surface area contributed by atoms with Crippen molar-refractivity contribution in [3.63, 3.8) is 0 Å². The molecule has 0 saturated heterocycles. The fourth-order valence-electron chi connectivity index (χ4n) is 1.89. The smallest absolute Gasteiger partial charge is 0.340 e. The number of aryl methyl sites for hydroxylation is 1. The molecule has 5 heteroatoms. The summed E-state index contributed by atoms with van der Waals surface area (Å²) in [7, 11) is 1.32. The number of nitrogens with one attached hydrogen (secondary N) is 1. The summed E-state index contributed by atoms with van der Waals surface area (Å²) in [5.74, 6) is -0.491. The molecule has 0 aliphatic carbocycles. The van der Waals surface area contributed by atoms with E-state index in [0.29, 0.717) is 22.0 Å². The zero-order valence-corrected chi connectivity index (χ0v) is 12.0. The molecule has 0 unspecified atom stereocenters. The van der Waals surface area contributed by atoms with Gasteiger partial charge in [-0.1, -0.05) is 23.7 Å². The molecule has 0 radical (unpaired) electrons. The molecule has 0 saturated carbocycles. The van der Waals surface area contributed by atoms with Crippen molar-refractivity contribution in [3.05, 3.63) is 52.5 Å². The van der Waals surface area contributed by atoms with Crippen molar-refractivity contribution in [1.82, 2.24) is 0 Å². The molecule has 3 N–H and O–H groups in total. The Hall–Kier alpha value is -2.20. The molecule has 0 heterocycles. The fourth-order valence-corrected chi connectivity index (χ4v) is 2.17. The van der Waals surface area contributed by atoms with E-state index in [1.54, 1.807) is 6.07 Å². The second-order valence-electron chi connectivity index (χ2n) is 4.41. The monoisotopic (exact) mass is 290 g/mol. The van der Waals surface area contributed by atoms with E-state index in [9.17, 15) is 4.79 Å². The predicted molar refractivity (Wildman–Crippen MR) is 81.7 cm³/mol. The van der Waals surface area contributed by atoms with E-state index in [2.05, 4.69) is 5.32 Å². The lowest BCUT2D eigenvalue weighted by atomic mass is 10.1. The Morgan fingerprint density at radius 1 is 1.30 bits per heavy atom. The van der Waals surface area contributed by atoms with Crippen LogP contribution in [-0.2, 0) is 4.74 Å². The summed E-state index contributed by atoms with van der Waals surface area (Å²) in [4.78, 5) is 11.8. The average Bonchev–Trinajstić information content (AvgIpc) is 2.40. The van der Waals surface area contributed by atoms with Crippen molar-refractivity contribution in [3.8, 4) is 0 Å². The van der Waals surface area contributed by atoms with Crippen LogP contribution in [0.4, 0.5) is 17.1 Å². The van der Waals surface area contributed by atoms with Gasteiger partial charge in [-0.25, -0.2) is 4.79 Å². The van der Waals surface area contributed by atoms with Gasteiger partial charge in [-0.2, -0.15) is 0 Å². The van der Waals surface area contributed by atoms with Crippen molar-refractivity contribution in [2.45, 2.75) is 6.92 Å².